The summed E-state index contributed by atoms with van der Waals surface area (Å²) in [6, 6.07) is 13.0. The Morgan fingerprint density at radius 2 is 1.26 bits per heavy atom. The smallest absolute Gasteiger partial charge is 0.343 e. The molecule has 1 aromatic heterocycles. The molecule has 0 bridgehead atoms. The highest BCUT2D eigenvalue weighted by atomic mass is 16.6. The molecule has 0 saturated heterocycles. The first-order valence-corrected chi connectivity index (χ1v) is 15.4. The van der Waals surface area contributed by atoms with Crippen molar-refractivity contribution in [1.29, 1.82) is 0 Å². The van der Waals surface area contributed by atoms with Crippen LogP contribution in [0.3, 0.4) is 0 Å². The number of carbonyl (C=O) groups excluding carboxylic acids is 3. The highest BCUT2D eigenvalue weighted by Gasteiger charge is 2.16. The Labute approximate surface area is 255 Å². The average molecular weight is 589 g/mol. The lowest BCUT2D eigenvalue weighted by Gasteiger charge is -2.12. The second kappa shape index (κ2) is 18.5. The molecule has 8 heteroatoms. The van der Waals surface area contributed by atoms with Crippen molar-refractivity contribution >= 4 is 17.9 Å². The van der Waals surface area contributed by atoms with E-state index < -0.39 is 24.0 Å². The van der Waals surface area contributed by atoms with Crippen LogP contribution in [0.1, 0.15) is 111 Å². The molecule has 0 radical (unpaired) electrons. The molecule has 3 aromatic rings. The van der Waals surface area contributed by atoms with Gasteiger partial charge in [0.15, 0.2) is 5.82 Å². The molecule has 0 aliphatic carbocycles. The van der Waals surface area contributed by atoms with Gasteiger partial charge in [-0.15, -0.1) is 0 Å². The summed E-state index contributed by atoms with van der Waals surface area (Å²) in [4.78, 5) is 45.3. The monoisotopic (exact) mass is 588 g/mol. The maximum absolute atomic E-state index is 12.6. The van der Waals surface area contributed by atoms with Crippen molar-refractivity contribution < 1.29 is 28.6 Å². The van der Waals surface area contributed by atoms with Crippen LogP contribution in [0, 0.1) is 0 Å². The van der Waals surface area contributed by atoms with Gasteiger partial charge >= 0.3 is 17.9 Å². The summed E-state index contributed by atoms with van der Waals surface area (Å²) in [6.07, 6.45) is 17.2. The van der Waals surface area contributed by atoms with Crippen LogP contribution in [0.25, 0.3) is 11.4 Å². The van der Waals surface area contributed by atoms with Gasteiger partial charge in [0.2, 0.25) is 0 Å². The van der Waals surface area contributed by atoms with Crippen LogP contribution in [0.2, 0.25) is 0 Å². The van der Waals surface area contributed by atoms with Gasteiger partial charge in [0, 0.05) is 18.0 Å². The average Bonchev–Trinajstić information content (AvgIpc) is 3.02. The zero-order valence-electron chi connectivity index (χ0n) is 25.7. The molecule has 0 amide bonds. The first-order chi connectivity index (χ1) is 20.9. The summed E-state index contributed by atoms with van der Waals surface area (Å²) in [5.41, 5.74) is 2.60. The van der Waals surface area contributed by atoms with E-state index in [1.54, 1.807) is 31.2 Å². The number of rotatable bonds is 18. The molecule has 230 valence electrons. The van der Waals surface area contributed by atoms with Gasteiger partial charge in [-0.2, -0.15) is 0 Å². The number of hydrogen-bond acceptors (Lipinski definition) is 8. The third-order valence-electron chi connectivity index (χ3n) is 7.19. The number of benzene rings is 2. The van der Waals surface area contributed by atoms with Gasteiger partial charge < -0.3 is 14.2 Å². The fraction of sp³-hybridized carbons (Fsp3) is 0.457. The van der Waals surface area contributed by atoms with Crippen molar-refractivity contribution in [3.8, 4) is 17.1 Å². The van der Waals surface area contributed by atoms with Gasteiger partial charge in [0.05, 0.1) is 24.7 Å². The van der Waals surface area contributed by atoms with Gasteiger partial charge in [-0.25, -0.2) is 19.6 Å². The predicted octanol–water partition coefficient (Wildman–Crippen LogP) is 7.93. The minimum atomic E-state index is -0.627. The number of aromatic nitrogens is 2. The fourth-order valence-electron chi connectivity index (χ4n) is 4.64. The molecule has 1 atom stereocenters. The number of nitrogens with zero attached hydrogens (tertiary/aromatic N) is 2. The molecule has 2 aromatic carbocycles. The Balaban J connectivity index is 1.41. The van der Waals surface area contributed by atoms with Crippen molar-refractivity contribution in [3.63, 3.8) is 0 Å². The van der Waals surface area contributed by atoms with E-state index in [4.69, 9.17) is 9.47 Å². The van der Waals surface area contributed by atoms with E-state index in [1.165, 1.54) is 89.2 Å². The summed E-state index contributed by atoms with van der Waals surface area (Å²) in [5, 5.41) is 0. The van der Waals surface area contributed by atoms with Crippen LogP contribution < -0.4 is 4.74 Å². The summed E-state index contributed by atoms with van der Waals surface area (Å²) >= 11 is 0. The maximum Gasteiger partial charge on any atom is 0.343 e. The quantitative estimate of drug-likeness (QED) is 0.0838. The number of methoxy groups -OCH3 is 1. The minimum absolute atomic E-state index is 0.0341. The lowest BCUT2D eigenvalue weighted by Crippen LogP contribution is -2.19. The highest BCUT2D eigenvalue weighted by Crippen LogP contribution is 2.19. The van der Waals surface area contributed by atoms with E-state index in [-0.39, 0.29) is 17.7 Å². The number of unbranched alkanes of at least 4 members (excludes halogenated alkanes) is 9. The van der Waals surface area contributed by atoms with Crippen LogP contribution in [0.15, 0.2) is 60.9 Å². The lowest BCUT2D eigenvalue weighted by atomic mass is 10.0. The molecular weight excluding hydrogens is 544 g/mol. The summed E-state index contributed by atoms with van der Waals surface area (Å²) in [7, 11) is 1.28. The number of carbonyl (C=O) groups is 3. The SMILES string of the molecule is CCCCCCCCCCCCc1cnc(-c2ccc(C(=O)Oc3ccc(C(=O)O[C@H](C)CC(=O)OC)cc3)cc2)nc1. The molecule has 8 nitrogen and oxygen atoms in total. The van der Waals surface area contributed by atoms with Crippen LogP contribution in [-0.4, -0.2) is 41.1 Å². The van der Waals surface area contributed by atoms with Crippen molar-refractivity contribution in [1.82, 2.24) is 9.97 Å². The van der Waals surface area contributed by atoms with Gasteiger partial charge in [0.25, 0.3) is 0 Å². The molecule has 0 aliphatic rings. The van der Waals surface area contributed by atoms with Crippen molar-refractivity contribution in [3.05, 3.63) is 77.6 Å². The Bertz CT molecular complexity index is 1270. The van der Waals surface area contributed by atoms with Gasteiger partial charge in [0.1, 0.15) is 11.9 Å². The number of aryl methyl sites for hydroxylation is 1. The molecule has 43 heavy (non-hydrogen) atoms. The fourth-order valence-corrected chi connectivity index (χ4v) is 4.64. The van der Waals surface area contributed by atoms with Crippen molar-refractivity contribution in [2.45, 2.75) is 97.0 Å². The molecule has 1 heterocycles. The predicted molar refractivity (Wildman–Crippen MR) is 166 cm³/mol. The van der Waals surface area contributed by atoms with Gasteiger partial charge in [-0.1, -0.05) is 76.8 Å². The van der Waals surface area contributed by atoms with E-state index in [0.717, 1.165) is 24.0 Å². The summed E-state index contributed by atoms with van der Waals surface area (Å²) in [5.74, 6) is -0.680. The molecule has 0 unspecified atom stereocenters. The van der Waals surface area contributed by atoms with E-state index in [1.807, 2.05) is 12.4 Å². The highest BCUT2D eigenvalue weighted by molar-refractivity contribution is 5.92. The number of ether oxygens (including phenoxy) is 3. The lowest BCUT2D eigenvalue weighted by molar-refractivity contribution is -0.142. The topological polar surface area (TPSA) is 105 Å². The third-order valence-corrected chi connectivity index (χ3v) is 7.19. The van der Waals surface area contributed by atoms with Crippen LogP contribution >= 0.6 is 0 Å². The van der Waals surface area contributed by atoms with Crippen molar-refractivity contribution in [2.75, 3.05) is 7.11 Å². The first-order valence-electron chi connectivity index (χ1n) is 15.4. The zero-order chi connectivity index (χ0) is 30.9. The molecule has 3 rings (SSSR count). The molecule has 0 saturated carbocycles. The third kappa shape index (κ3) is 12.0. The molecular formula is C35H44N2O6. The second-order valence-electron chi connectivity index (χ2n) is 10.8. The maximum atomic E-state index is 12.6. The minimum Gasteiger partial charge on any atom is -0.469 e. The van der Waals surface area contributed by atoms with Crippen LogP contribution in [0.5, 0.6) is 5.75 Å². The summed E-state index contributed by atoms with van der Waals surface area (Å²) < 4.78 is 15.3. The van der Waals surface area contributed by atoms with Gasteiger partial charge in [-0.3, -0.25) is 4.79 Å². The molecule has 0 N–H and O–H groups in total. The Hall–Kier alpha value is -4.07. The van der Waals surface area contributed by atoms with E-state index >= 15 is 0 Å². The molecule has 0 fully saturated rings. The van der Waals surface area contributed by atoms with E-state index in [2.05, 4.69) is 21.6 Å². The second-order valence-corrected chi connectivity index (χ2v) is 10.8. The van der Waals surface area contributed by atoms with E-state index in [9.17, 15) is 14.4 Å². The van der Waals surface area contributed by atoms with E-state index in [0.29, 0.717) is 11.4 Å². The largest absolute Gasteiger partial charge is 0.469 e. The Kier molecular flexibility index (Phi) is 14.4. The molecule has 0 aliphatic heterocycles. The standard InChI is InChI=1S/C35H44N2O6/c1-4-5-6-7-8-9-10-11-12-13-14-27-24-36-33(37-25-27)28-15-17-29(18-16-28)35(40)43-31-21-19-30(20-22-31)34(39)42-26(2)23-32(38)41-3/h15-22,24-26H,4-14,23H2,1-3H3/t26-/m1/s1. The zero-order valence-corrected chi connectivity index (χ0v) is 25.7. The Morgan fingerprint density at radius 1 is 0.721 bits per heavy atom. The Morgan fingerprint density at radius 3 is 1.84 bits per heavy atom. The van der Waals surface area contributed by atoms with Gasteiger partial charge in [-0.05, 0) is 61.7 Å². The molecule has 0 spiro atoms. The number of hydrogen-bond donors (Lipinski definition) is 0. The number of esters is 3. The summed E-state index contributed by atoms with van der Waals surface area (Å²) in [6.45, 7) is 3.86. The van der Waals surface area contributed by atoms with Crippen LogP contribution in [0.4, 0.5) is 0 Å². The van der Waals surface area contributed by atoms with Crippen LogP contribution in [-0.2, 0) is 20.7 Å². The normalized spacial score (nSPS) is 11.5. The van der Waals surface area contributed by atoms with Crippen molar-refractivity contribution in [2.24, 2.45) is 0 Å². The first kappa shape index (κ1) is 33.4.